The third kappa shape index (κ3) is 3.21. The molecule has 1 aliphatic carbocycles. The molecular formula is C17H20N4O2. The zero-order valence-electron chi connectivity index (χ0n) is 13.0. The van der Waals surface area contributed by atoms with E-state index in [0.29, 0.717) is 12.5 Å². The van der Waals surface area contributed by atoms with E-state index >= 15 is 0 Å². The van der Waals surface area contributed by atoms with Crippen molar-refractivity contribution in [2.75, 3.05) is 19.7 Å². The van der Waals surface area contributed by atoms with Crippen LogP contribution in [-0.4, -0.2) is 45.5 Å². The summed E-state index contributed by atoms with van der Waals surface area (Å²) < 4.78 is 7.47. The maximum Gasteiger partial charge on any atom is 0.260 e. The van der Waals surface area contributed by atoms with E-state index in [-0.39, 0.29) is 18.6 Å². The highest BCUT2D eigenvalue weighted by Crippen LogP contribution is 2.39. The number of rotatable bonds is 5. The fourth-order valence-corrected chi connectivity index (χ4v) is 2.97. The summed E-state index contributed by atoms with van der Waals surface area (Å²) in [5.41, 5.74) is 1.10. The lowest BCUT2D eigenvalue weighted by molar-refractivity contribution is -0.132. The van der Waals surface area contributed by atoms with Crippen LogP contribution in [0.5, 0.6) is 5.75 Å². The molecule has 120 valence electrons. The second-order valence-electron chi connectivity index (χ2n) is 6.28. The Labute approximate surface area is 135 Å². The van der Waals surface area contributed by atoms with Gasteiger partial charge in [-0.15, -0.1) is 5.10 Å². The van der Waals surface area contributed by atoms with E-state index in [9.17, 15) is 4.79 Å². The first-order valence-electron chi connectivity index (χ1n) is 8.17. The number of carbonyl (C=O) groups is 1. The fourth-order valence-electron chi connectivity index (χ4n) is 2.97. The Hall–Kier alpha value is -2.37. The smallest absolute Gasteiger partial charge is 0.260 e. The van der Waals surface area contributed by atoms with Gasteiger partial charge in [0, 0.05) is 25.2 Å². The molecule has 1 aromatic heterocycles. The van der Waals surface area contributed by atoms with E-state index in [1.165, 1.54) is 12.8 Å². The number of carbonyl (C=O) groups excluding carboxylic acids is 1. The Morgan fingerprint density at radius 2 is 2.04 bits per heavy atom. The largest absolute Gasteiger partial charge is 0.484 e. The summed E-state index contributed by atoms with van der Waals surface area (Å²) in [7, 11) is 0. The summed E-state index contributed by atoms with van der Waals surface area (Å²) in [4.78, 5) is 14.1. The average molecular weight is 312 g/mol. The van der Waals surface area contributed by atoms with Crippen LogP contribution in [0.4, 0.5) is 0 Å². The van der Waals surface area contributed by atoms with E-state index in [0.717, 1.165) is 24.4 Å². The van der Waals surface area contributed by atoms with E-state index in [1.54, 1.807) is 0 Å². The molecule has 1 unspecified atom stereocenters. The van der Waals surface area contributed by atoms with Gasteiger partial charge in [-0.05, 0) is 31.4 Å². The predicted octanol–water partition coefficient (Wildman–Crippen LogP) is 2.01. The monoisotopic (exact) mass is 312 g/mol. The molecule has 1 aliphatic heterocycles. The normalized spacial score (nSPS) is 20.7. The Bertz CT molecular complexity index is 681. The molecule has 1 atom stereocenters. The molecule has 0 N–H and O–H groups in total. The van der Waals surface area contributed by atoms with Gasteiger partial charge in [-0.1, -0.05) is 23.4 Å². The van der Waals surface area contributed by atoms with Crippen molar-refractivity contribution in [3.05, 3.63) is 42.2 Å². The number of hydrogen-bond acceptors (Lipinski definition) is 4. The molecule has 0 radical (unpaired) electrons. The molecule has 1 amide bonds. The zero-order chi connectivity index (χ0) is 15.6. The second-order valence-corrected chi connectivity index (χ2v) is 6.28. The summed E-state index contributed by atoms with van der Waals surface area (Å²) in [6.45, 7) is 1.52. The summed E-state index contributed by atoms with van der Waals surface area (Å²) in [5, 5.41) is 8.50. The Kier molecular flexibility index (Phi) is 3.73. The molecule has 1 saturated carbocycles. The van der Waals surface area contributed by atoms with Crippen LogP contribution in [-0.2, 0) is 4.79 Å². The zero-order valence-corrected chi connectivity index (χ0v) is 13.0. The molecule has 2 aromatic rings. The van der Waals surface area contributed by atoms with Gasteiger partial charge in [-0.2, -0.15) is 0 Å². The number of nitrogens with zero attached hydrogens (tertiary/aromatic N) is 4. The molecule has 4 rings (SSSR count). The van der Waals surface area contributed by atoms with Gasteiger partial charge in [-0.3, -0.25) is 4.79 Å². The number of ether oxygens (including phenoxy) is 1. The molecule has 2 fully saturated rings. The number of likely N-dealkylation sites (tertiary alicyclic amines) is 1. The average Bonchev–Trinajstić information content (AvgIpc) is 3.12. The van der Waals surface area contributed by atoms with Crippen molar-refractivity contribution in [3.63, 3.8) is 0 Å². The van der Waals surface area contributed by atoms with Crippen molar-refractivity contribution >= 4 is 5.91 Å². The van der Waals surface area contributed by atoms with Crippen LogP contribution in [0.2, 0.25) is 0 Å². The van der Waals surface area contributed by atoms with E-state index in [1.807, 2.05) is 39.9 Å². The molecule has 6 nitrogen and oxygen atoms in total. The van der Waals surface area contributed by atoms with Gasteiger partial charge < -0.3 is 9.64 Å². The van der Waals surface area contributed by atoms with Crippen molar-refractivity contribution < 1.29 is 9.53 Å². The maximum atomic E-state index is 12.3. The summed E-state index contributed by atoms with van der Waals surface area (Å²) in [5.74, 6) is 1.36. The van der Waals surface area contributed by atoms with Gasteiger partial charge in [0.05, 0.1) is 11.7 Å². The van der Waals surface area contributed by atoms with Gasteiger partial charge in [-0.25, -0.2) is 4.68 Å². The van der Waals surface area contributed by atoms with E-state index in [2.05, 4.69) is 16.5 Å². The first-order chi connectivity index (χ1) is 11.3. The highest BCUT2D eigenvalue weighted by molar-refractivity contribution is 5.78. The summed E-state index contributed by atoms with van der Waals surface area (Å²) >= 11 is 0. The van der Waals surface area contributed by atoms with Gasteiger partial charge in [0.25, 0.3) is 5.91 Å². The molecule has 0 bridgehead atoms. The quantitative estimate of drug-likeness (QED) is 0.847. The van der Waals surface area contributed by atoms with Gasteiger partial charge in [0.2, 0.25) is 0 Å². The molecular weight excluding hydrogens is 292 g/mol. The van der Waals surface area contributed by atoms with Crippen LogP contribution in [0.25, 0.3) is 0 Å². The predicted molar refractivity (Wildman–Crippen MR) is 84.2 cm³/mol. The fraction of sp³-hybridized carbons (Fsp3) is 0.471. The Morgan fingerprint density at radius 1 is 1.22 bits per heavy atom. The maximum absolute atomic E-state index is 12.3. The van der Waals surface area contributed by atoms with Crippen molar-refractivity contribution in [1.29, 1.82) is 0 Å². The van der Waals surface area contributed by atoms with Crippen molar-refractivity contribution in [3.8, 4) is 5.75 Å². The molecule has 1 aromatic carbocycles. The lowest BCUT2D eigenvalue weighted by Crippen LogP contribution is -2.33. The topological polar surface area (TPSA) is 60.2 Å². The van der Waals surface area contributed by atoms with Crippen LogP contribution in [0, 0.1) is 0 Å². The molecule has 1 saturated heterocycles. The molecule has 2 heterocycles. The standard InChI is InChI=1S/C17H20N4O2/c22-17(12-23-15-4-2-1-3-5-15)20-9-8-14(10-20)21-11-16(18-19-21)13-6-7-13/h1-5,11,13-14H,6-10,12H2. The number of aromatic nitrogens is 3. The third-order valence-electron chi connectivity index (χ3n) is 4.52. The van der Waals surface area contributed by atoms with Crippen LogP contribution < -0.4 is 4.74 Å². The Balaban J connectivity index is 1.31. The first kappa shape index (κ1) is 14.2. The molecule has 6 heteroatoms. The SMILES string of the molecule is O=C(COc1ccccc1)N1CCC(n2cc(C3CC3)nn2)C1. The molecule has 0 spiro atoms. The summed E-state index contributed by atoms with van der Waals surface area (Å²) in [6, 6.07) is 9.66. The third-order valence-corrected chi connectivity index (χ3v) is 4.52. The Morgan fingerprint density at radius 3 is 2.83 bits per heavy atom. The van der Waals surface area contributed by atoms with E-state index in [4.69, 9.17) is 4.74 Å². The van der Waals surface area contributed by atoms with Gasteiger partial charge in [0.15, 0.2) is 6.61 Å². The first-order valence-corrected chi connectivity index (χ1v) is 8.17. The second kappa shape index (κ2) is 6.02. The minimum atomic E-state index is 0.0267. The van der Waals surface area contributed by atoms with Crippen LogP contribution >= 0.6 is 0 Å². The number of amides is 1. The van der Waals surface area contributed by atoms with Crippen molar-refractivity contribution in [2.24, 2.45) is 0 Å². The number of hydrogen-bond donors (Lipinski definition) is 0. The van der Waals surface area contributed by atoms with E-state index < -0.39 is 0 Å². The lowest BCUT2D eigenvalue weighted by Gasteiger charge is -2.16. The van der Waals surface area contributed by atoms with Crippen LogP contribution in [0.1, 0.15) is 36.9 Å². The molecule has 2 aliphatic rings. The van der Waals surface area contributed by atoms with Crippen LogP contribution in [0.3, 0.4) is 0 Å². The highest BCUT2D eigenvalue weighted by atomic mass is 16.5. The van der Waals surface area contributed by atoms with Crippen LogP contribution in [0.15, 0.2) is 36.5 Å². The number of para-hydroxylation sites is 1. The molecule has 23 heavy (non-hydrogen) atoms. The highest BCUT2D eigenvalue weighted by Gasteiger charge is 2.31. The van der Waals surface area contributed by atoms with Crippen molar-refractivity contribution in [1.82, 2.24) is 19.9 Å². The van der Waals surface area contributed by atoms with Gasteiger partial charge >= 0.3 is 0 Å². The van der Waals surface area contributed by atoms with Gasteiger partial charge in [0.1, 0.15) is 5.75 Å². The minimum Gasteiger partial charge on any atom is -0.484 e. The lowest BCUT2D eigenvalue weighted by atomic mass is 10.2. The van der Waals surface area contributed by atoms with Crippen molar-refractivity contribution in [2.45, 2.75) is 31.2 Å². The minimum absolute atomic E-state index is 0.0267. The summed E-state index contributed by atoms with van der Waals surface area (Å²) in [6.07, 6.45) is 5.43. The number of benzene rings is 1.